The highest BCUT2D eigenvalue weighted by Crippen LogP contribution is 2.19. The summed E-state index contributed by atoms with van der Waals surface area (Å²) < 4.78 is 12.4. The molecule has 10 heteroatoms. The van der Waals surface area contributed by atoms with Crippen LogP contribution in [0.1, 0.15) is 23.1 Å². The van der Waals surface area contributed by atoms with E-state index in [1.807, 2.05) is 7.05 Å². The average Bonchev–Trinajstić information content (AvgIpc) is 3.12. The molecule has 2 aromatic carbocycles. The van der Waals surface area contributed by atoms with Crippen molar-refractivity contribution in [3.8, 4) is 5.75 Å². The zero-order chi connectivity index (χ0) is 22.2. The topological polar surface area (TPSA) is 95.3 Å². The molecule has 1 heterocycles. The lowest BCUT2D eigenvalue weighted by Gasteiger charge is -2.07. The molecule has 0 atom stereocenters. The summed E-state index contributed by atoms with van der Waals surface area (Å²) in [6, 6.07) is 13.6. The molecule has 3 aromatic rings. The van der Waals surface area contributed by atoms with Crippen molar-refractivity contribution in [2.45, 2.75) is 18.7 Å². The van der Waals surface area contributed by atoms with E-state index >= 15 is 0 Å². The van der Waals surface area contributed by atoms with E-state index in [4.69, 9.17) is 21.1 Å². The lowest BCUT2D eigenvalue weighted by Crippen LogP contribution is -2.15. The van der Waals surface area contributed by atoms with E-state index in [1.54, 1.807) is 60.0 Å². The Balaban J connectivity index is 1.49. The van der Waals surface area contributed by atoms with Crippen LogP contribution in [0.5, 0.6) is 5.75 Å². The summed E-state index contributed by atoms with van der Waals surface area (Å²) in [5, 5.41) is 12.2. The summed E-state index contributed by atoms with van der Waals surface area (Å²) in [6.45, 7) is 2.30. The third-order valence-electron chi connectivity index (χ3n) is 4.12. The minimum atomic E-state index is -0.394. The molecular formula is C21H21ClN4O4S. The van der Waals surface area contributed by atoms with Crippen LogP contribution >= 0.6 is 23.4 Å². The third kappa shape index (κ3) is 6.47. The highest BCUT2D eigenvalue weighted by atomic mass is 35.5. The van der Waals surface area contributed by atoms with E-state index < -0.39 is 5.97 Å². The van der Waals surface area contributed by atoms with Crippen molar-refractivity contribution in [3.63, 3.8) is 0 Å². The van der Waals surface area contributed by atoms with Gasteiger partial charge in [0.05, 0.1) is 17.9 Å². The van der Waals surface area contributed by atoms with E-state index in [0.29, 0.717) is 39.6 Å². The van der Waals surface area contributed by atoms with Crippen molar-refractivity contribution in [1.29, 1.82) is 0 Å². The molecule has 0 spiro atoms. The second kappa shape index (κ2) is 10.8. The Labute approximate surface area is 188 Å². The number of esters is 1. The predicted octanol–water partition coefficient (Wildman–Crippen LogP) is 3.96. The monoisotopic (exact) mass is 460 g/mol. The first kappa shape index (κ1) is 22.6. The first-order valence-corrected chi connectivity index (χ1v) is 10.8. The van der Waals surface area contributed by atoms with Gasteiger partial charge in [0.2, 0.25) is 5.91 Å². The second-order valence-electron chi connectivity index (χ2n) is 6.34. The smallest absolute Gasteiger partial charge is 0.338 e. The molecule has 0 aliphatic carbocycles. The minimum Gasteiger partial charge on any atom is -0.486 e. The van der Waals surface area contributed by atoms with Gasteiger partial charge in [-0.15, -0.1) is 10.2 Å². The molecule has 0 fully saturated rings. The first-order chi connectivity index (χ1) is 15.0. The van der Waals surface area contributed by atoms with Gasteiger partial charge in [0.15, 0.2) is 11.0 Å². The Morgan fingerprint density at radius 2 is 1.81 bits per heavy atom. The number of thioether (sulfide) groups is 1. The molecule has 0 radical (unpaired) electrons. The Morgan fingerprint density at radius 1 is 1.10 bits per heavy atom. The van der Waals surface area contributed by atoms with Gasteiger partial charge in [-0.25, -0.2) is 4.79 Å². The maximum Gasteiger partial charge on any atom is 0.338 e. The molecule has 0 unspecified atom stereocenters. The summed E-state index contributed by atoms with van der Waals surface area (Å²) in [4.78, 5) is 23.9. The number of aromatic nitrogens is 3. The first-order valence-electron chi connectivity index (χ1n) is 9.42. The molecule has 0 aliphatic heterocycles. The van der Waals surface area contributed by atoms with Crippen LogP contribution in [0.25, 0.3) is 0 Å². The van der Waals surface area contributed by atoms with Gasteiger partial charge in [0.25, 0.3) is 0 Å². The lowest BCUT2D eigenvalue weighted by molar-refractivity contribution is -0.113. The van der Waals surface area contributed by atoms with Gasteiger partial charge in [-0.1, -0.05) is 23.4 Å². The van der Waals surface area contributed by atoms with Crippen LogP contribution in [0.2, 0.25) is 5.02 Å². The van der Waals surface area contributed by atoms with Crippen molar-refractivity contribution < 1.29 is 19.1 Å². The average molecular weight is 461 g/mol. The molecule has 0 saturated carbocycles. The van der Waals surface area contributed by atoms with Crippen LogP contribution < -0.4 is 10.1 Å². The van der Waals surface area contributed by atoms with Crippen LogP contribution in [0, 0.1) is 0 Å². The number of carbonyl (C=O) groups excluding carboxylic acids is 2. The normalized spacial score (nSPS) is 10.5. The van der Waals surface area contributed by atoms with Gasteiger partial charge in [-0.3, -0.25) is 4.79 Å². The lowest BCUT2D eigenvalue weighted by atomic mass is 10.2. The molecule has 0 saturated heterocycles. The number of rotatable bonds is 9. The Bertz CT molecular complexity index is 1040. The predicted molar refractivity (Wildman–Crippen MR) is 119 cm³/mol. The number of benzene rings is 2. The summed E-state index contributed by atoms with van der Waals surface area (Å²) in [6.07, 6.45) is 0. The SMILES string of the molecule is CCOC(=O)c1ccc(NC(=O)CSc2nnc(COc3ccc(Cl)cc3)n2C)cc1. The Hall–Kier alpha value is -3.04. The quantitative estimate of drug-likeness (QED) is 0.381. The number of carbonyl (C=O) groups is 2. The van der Waals surface area contributed by atoms with E-state index in [0.717, 1.165) is 0 Å². The molecule has 1 amide bonds. The number of ether oxygens (including phenoxy) is 2. The molecular weight excluding hydrogens is 440 g/mol. The molecule has 1 N–H and O–H groups in total. The van der Waals surface area contributed by atoms with E-state index in [9.17, 15) is 9.59 Å². The molecule has 0 aliphatic rings. The number of hydrogen-bond acceptors (Lipinski definition) is 7. The fourth-order valence-electron chi connectivity index (χ4n) is 2.51. The van der Waals surface area contributed by atoms with Crippen LogP contribution in [0.3, 0.4) is 0 Å². The summed E-state index contributed by atoms with van der Waals surface area (Å²) in [5.41, 5.74) is 1.02. The zero-order valence-corrected chi connectivity index (χ0v) is 18.6. The van der Waals surface area contributed by atoms with Crippen molar-refractivity contribution in [2.24, 2.45) is 7.05 Å². The fourth-order valence-corrected chi connectivity index (χ4v) is 3.36. The van der Waals surface area contributed by atoms with Crippen molar-refractivity contribution in [3.05, 3.63) is 64.9 Å². The standard InChI is InChI=1S/C21H21ClN4O4S/c1-3-29-20(28)14-4-8-16(9-5-14)23-19(27)13-31-21-25-24-18(26(21)2)12-30-17-10-6-15(22)7-11-17/h4-11H,3,12-13H2,1-2H3,(H,23,27). The maximum absolute atomic E-state index is 12.2. The highest BCUT2D eigenvalue weighted by molar-refractivity contribution is 7.99. The van der Waals surface area contributed by atoms with Gasteiger partial charge in [-0.05, 0) is 55.5 Å². The second-order valence-corrected chi connectivity index (χ2v) is 7.71. The molecule has 31 heavy (non-hydrogen) atoms. The van der Waals surface area contributed by atoms with E-state index in [1.165, 1.54) is 11.8 Å². The van der Waals surface area contributed by atoms with Gasteiger partial charge in [0, 0.05) is 17.8 Å². The van der Waals surface area contributed by atoms with Gasteiger partial charge >= 0.3 is 5.97 Å². The van der Waals surface area contributed by atoms with Crippen molar-refractivity contribution in [1.82, 2.24) is 14.8 Å². The largest absolute Gasteiger partial charge is 0.486 e. The Morgan fingerprint density at radius 3 is 2.48 bits per heavy atom. The summed E-state index contributed by atoms with van der Waals surface area (Å²) in [7, 11) is 1.81. The Kier molecular flexibility index (Phi) is 7.91. The minimum absolute atomic E-state index is 0.156. The van der Waals surface area contributed by atoms with Gasteiger partial charge < -0.3 is 19.4 Å². The molecule has 3 rings (SSSR count). The zero-order valence-electron chi connectivity index (χ0n) is 17.0. The van der Waals surface area contributed by atoms with Crippen molar-refractivity contribution in [2.75, 3.05) is 17.7 Å². The summed E-state index contributed by atoms with van der Waals surface area (Å²) in [5.74, 6) is 0.871. The molecule has 8 nitrogen and oxygen atoms in total. The van der Waals surface area contributed by atoms with Crippen LogP contribution in [0.15, 0.2) is 53.7 Å². The van der Waals surface area contributed by atoms with E-state index in [-0.39, 0.29) is 18.3 Å². The van der Waals surface area contributed by atoms with Crippen LogP contribution in [-0.4, -0.2) is 39.0 Å². The van der Waals surface area contributed by atoms with Gasteiger partial charge in [-0.2, -0.15) is 0 Å². The molecule has 1 aromatic heterocycles. The van der Waals surface area contributed by atoms with Crippen LogP contribution in [-0.2, 0) is 23.2 Å². The molecule has 0 bridgehead atoms. The fraction of sp³-hybridized carbons (Fsp3) is 0.238. The maximum atomic E-state index is 12.2. The number of anilines is 1. The van der Waals surface area contributed by atoms with Gasteiger partial charge in [0.1, 0.15) is 12.4 Å². The number of amides is 1. The number of halogens is 1. The van der Waals surface area contributed by atoms with E-state index in [2.05, 4.69) is 15.5 Å². The van der Waals surface area contributed by atoms with Crippen LogP contribution in [0.4, 0.5) is 5.69 Å². The van der Waals surface area contributed by atoms with Crippen molar-refractivity contribution >= 4 is 40.9 Å². The third-order valence-corrected chi connectivity index (χ3v) is 5.39. The summed E-state index contributed by atoms with van der Waals surface area (Å²) >= 11 is 7.13. The number of nitrogens with zero attached hydrogens (tertiary/aromatic N) is 3. The number of nitrogens with one attached hydrogen (secondary N) is 1. The number of hydrogen-bond donors (Lipinski definition) is 1. The molecule has 162 valence electrons. The highest BCUT2D eigenvalue weighted by Gasteiger charge is 2.13.